The summed E-state index contributed by atoms with van der Waals surface area (Å²) in [6.45, 7) is 2.96. The number of hydrogen-bond acceptors (Lipinski definition) is 7. The van der Waals surface area contributed by atoms with Crippen molar-refractivity contribution in [1.82, 2.24) is 15.2 Å². The van der Waals surface area contributed by atoms with Gasteiger partial charge in [-0.25, -0.2) is 4.98 Å². The van der Waals surface area contributed by atoms with Gasteiger partial charge in [-0.15, -0.1) is 10.2 Å². The Hall–Kier alpha value is -2.58. The number of rotatable bonds is 3. The molecule has 0 saturated heterocycles. The quantitative estimate of drug-likeness (QED) is 0.787. The molecular weight excluding hydrogens is 328 g/mol. The molecule has 0 bridgehead atoms. The molecule has 122 valence electrons. The molecule has 0 aliphatic carbocycles. The average Bonchev–Trinajstić information content (AvgIpc) is 3.20. The lowest BCUT2D eigenvalue weighted by Crippen LogP contribution is -2.12. The number of anilines is 1. The largest absolute Gasteiger partial charge is 0.421 e. The first kappa shape index (κ1) is 15.0. The Kier molecular flexibility index (Phi) is 3.83. The topological polar surface area (TPSA) is 90.1 Å². The van der Waals surface area contributed by atoms with Crippen molar-refractivity contribution in [2.24, 2.45) is 0 Å². The Labute approximate surface area is 141 Å². The van der Waals surface area contributed by atoms with Crippen LogP contribution in [0.4, 0.5) is 5.13 Å². The van der Waals surface area contributed by atoms with Gasteiger partial charge in [-0.05, 0) is 18.2 Å². The van der Waals surface area contributed by atoms with Gasteiger partial charge in [-0.3, -0.25) is 10.1 Å². The van der Waals surface area contributed by atoms with Crippen molar-refractivity contribution in [3.05, 3.63) is 46.3 Å². The number of aryl methyl sites for hydroxylation is 1. The van der Waals surface area contributed by atoms with Crippen LogP contribution in [-0.4, -0.2) is 27.7 Å². The summed E-state index contributed by atoms with van der Waals surface area (Å²) in [5, 5.41) is 11.2. The highest BCUT2D eigenvalue weighted by Gasteiger charge is 2.17. The van der Waals surface area contributed by atoms with Gasteiger partial charge >= 0.3 is 0 Å². The summed E-state index contributed by atoms with van der Waals surface area (Å²) in [4.78, 5) is 18.0. The van der Waals surface area contributed by atoms with Crippen molar-refractivity contribution in [2.75, 3.05) is 11.9 Å². The molecular formula is C16H14N4O3S. The molecule has 0 unspecified atom stereocenters. The standard InChI is InChI=1S/C16H14N4O3S/c1-9-19-20-15(23-9)11-4-2-3-10(7-11)14(21)18-16-17-12-5-6-22-8-13(12)24-16/h2-4,7H,5-6,8H2,1H3,(H,17,18,21). The van der Waals surface area contributed by atoms with Gasteiger partial charge in [0.2, 0.25) is 11.8 Å². The Morgan fingerprint density at radius 2 is 2.25 bits per heavy atom. The summed E-state index contributed by atoms with van der Waals surface area (Å²) in [6, 6.07) is 7.06. The van der Waals surface area contributed by atoms with Crippen LogP contribution in [0.1, 0.15) is 26.8 Å². The lowest BCUT2D eigenvalue weighted by molar-refractivity contribution is 0.102. The number of ether oxygens (including phenoxy) is 1. The van der Waals surface area contributed by atoms with Crippen LogP contribution in [0.25, 0.3) is 11.5 Å². The monoisotopic (exact) mass is 342 g/mol. The number of nitrogens with zero attached hydrogens (tertiary/aromatic N) is 3. The highest BCUT2D eigenvalue weighted by molar-refractivity contribution is 7.15. The number of amides is 1. The van der Waals surface area contributed by atoms with Crippen LogP contribution >= 0.6 is 11.3 Å². The normalized spacial score (nSPS) is 13.5. The van der Waals surface area contributed by atoms with Crippen LogP contribution < -0.4 is 5.32 Å². The Bertz CT molecular complexity index is 879. The number of aromatic nitrogens is 3. The third-order valence-corrected chi connectivity index (χ3v) is 4.60. The molecule has 3 heterocycles. The number of fused-ring (bicyclic) bond motifs is 1. The van der Waals surface area contributed by atoms with Crippen LogP contribution in [0.15, 0.2) is 28.7 Å². The first-order valence-electron chi connectivity index (χ1n) is 7.47. The second-order valence-corrected chi connectivity index (χ2v) is 6.44. The van der Waals surface area contributed by atoms with Crippen molar-refractivity contribution in [3.63, 3.8) is 0 Å². The summed E-state index contributed by atoms with van der Waals surface area (Å²) in [5.41, 5.74) is 2.22. The number of hydrogen-bond donors (Lipinski definition) is 1. The average molecular weight is 342 g/mol. The van der Waals surface area contributed by atoms with Gasteiger partial charge in [0.1, 0.15) is 0 Å². The SMILES string of the molecule is Cc1nnc(-c2cccc(C(=O)Nc3nc4c(s3)COCC4)c2)o1. The Balaban J connectivity index is 1.55. The van der Waals surface area contributed by atoms with Gasteiger partial charge in [-0.2, -0.15) is 0 Å². The molecule has 7 nitrogen and oxygen atoms in total. The van der Waals surface area contributed by atoms with E-state index in [1.807, 2.05) is 6.07 Å². The molecule has 1 aliphatic rings. The third kappa shape index (κ3) is 2.93. The van der Waals surface area contributed by atoms with E-state index >= 15 is 0 Å². The number of carbonyl (C=O) groups is 1. The van der Waals surface area contributed by atoms with E-state index in [-0.39, 0.29) is 5.91 Å². The first-order valence-corrected chi connectivity index (χ1v) is 8.29. The van der Waals surface area contributed by atoms with Crippen molar-refractivity contribution in [3.8, 4) is 11.5 Å². The molecule has 1 aromatic carbocycles. The van der Waals surface area contributed by atoms with E-state index in [0.29, 0.717) is 41.3 Å². The zero-order valence-corrected chi connectivity index (χ0v) is 13.7. The van der Waals surface area contributed by atoms with Crippen molar-refractivity contribution < 1.29 is 13.9 Å². The highest BCUT2D eigenvalue weighted by atomic mass is 32.1. The van der Waals surface area contributed by atoms with Gasteiger partial charge in [0, 0.05) is 24.5 Å². The molecule has 4 rings (SSSR count). The summed E-state index contributed by atoms with van der Waals surface area (Å²) < 4.78 is 10.8. The molecule has 0 fully saturated rings. The Morgan fingerprint density at radius 3 is 3.04 bits per heavy atom. The number of benzene rings is 1. The molecule has 3 aromatic rings. The molecule has 0 atom stereocenters. The van der Waals surface area contributed by atoms with Crippen LogP contribution in [0.3, 0.4) is 0 Å². The summed E-state index contributed by atoms with van der Waals surface area (Å²) in [6.07, 6.45) is 0.785. The maximum Gasteiger partial charge on any atom is 0.257 e. The summed E-state index contributed by atoms with van der Waals surface area (Å²) in [7, 11) is 0. The predicted molar refractivity (Wildman–Crippen MR) is 87.9 cm³/mol. The van der Waals surface area contributed by atoms with Crippen LogP contribution in [0.5, 0.6) is 0 Å². The van der Waals surface area contributed by atoms with E-state index in [1.54, 1.807) is 25.1 Å². The zero-order valence-electron chi connectivity index (χ0n) is 12.9. The predicted octanol–water partition coefficient (Wildman–Crippen LogP) is 2.83. The van der Waals surface area contributed by atoms with E-state index in [0.717, 1.165) is 17.0 Å². The molecule has 8 heteroatoms. The zero-order chi connectivity index (χ0) is 16.5. The minimum absolute atomic E-state index is 0.222. The molecule has 1 aliphatic heterocycles. The number of thiazole rings is 1. The van der Waals surface area contributed by atoms with Gasteiger partial charge in [-0.1, -0.05) is 17.4 Å². The van der Waals surface area contributed by atoms with Gasteiger partial charge in [0.05, 0.1) is 23.8 Å². The van der Waals surface area contributed by atoms with E-state index < -0.39 is 0 Å². The Morgan fingerprint density at radius 1 is 1.33 bits per heavy atom. The molecule has 1 N–H and O–H groups in total. The summed E-state index contributed by atoms with van der Waals surface area (Å²) >= 11 is 1.45. The second kappa shape index (κ2) is 6.14. The van der Waals surface area contributed by atoms with Gasteiger partial charge in [0.15, 0.2) is 5.13 Å². The fourth-order valence-electron chi connectivity index (χ4n) is 2.45. The van der Waals surface area contributed by atoms with Crippen LogP contribution in [0, 0.1) is 6.92 Å². The fourth-order valence-corrected chi connectivity index (χ4v) is 3.40. The molecule has 0 spiro atoms. The highest BCUT2D eigenvalue weighted by Crippen LogP contribution is 2.27. The van der Waals surface area contributed by atoms with Crippen LogP contribution in [-0.2, 0) is 17.8 Å². The smallest absolute Gasteiger partial charge is 0.257 e. The third-order valence-electron chi connectivity index (χ3n) is 3.61. The lowest BCUT2D eigenvalue weighted by Gasteiger charge is -2.08. The number of nitrogens with one attached hydrogen (secondary N) is 1. The first-order chi connectivity index (χ1) is 11.7. The minimum atomic E-state index is -0.222. The van der Waals surface area contributed by atoms with Gasteiger partial charge < -0.3 is 9.15 Å². The number of carbonyl (C=O) groups excluding carboxylic acids is 1. The molecule has 0 radical (unpaired) electrons. The van der Waals surface area contributed by atoms with Crippen LogP contribution in [0.2, 0.25) is 0 Å². The van der Waals surface area contributed by atoms with E-state index in [4.69, 9.17) is 9.15 Å². The minimum Gasteiger partial charge on any atom is -0.421 e. The van der Waals surface area contributed by atoms with Crippen molar-refractivity contribution in [1.29, 1.82) is 0 Å². The molecule has 0 saturated carbocycles. The maximum atomic E-state index is 12.5. The fraction of sp³-hybridized carbons (Fsp3) is 0.250. The maximum absolute atomic E-state index is 12.5. The van der Waals surface area contributed by atoms with Crippen molar-refractivity contribution in [2.45, 2.75) is 20.0 Å². The summed E-state index contributed by atoms with van der Waals surface area (Å²) in [5.74, 6) is 0.652. The second-order valence-electron chi connectivity index (χ2n) is 5.35. The van der Waals surface area contributed by atoms with E-state index in [2.05, 4.69) is 20.5 Å². The van der Waals surface area contributed by atoms with Crippen molar-refractivity contribution >= 4 is 22.4 Å². The molecule has 24 heavy (non-hydrogen) atoms. The lowest BCUT2D eigenvalue weighted by atomic mass is 10.1. The van der Waals surface area contributed by atoms with E-state index in [9.17, 15) is 4.79 Å². The van der Waals surface area contributed by atoms with E-state index in [1.165, 1.54) is 11.3 Å². The molecule has 2 aromatic heterocycles. The molecule has 1 amide bonds. The van der Waals surface area contributed by atoms with Gasteiger partial charge in [0.25, 0.3) is 5.91 Å².